The lowest BCUT2D eigenvalue weighted by molar-refractivity contribution is 0.251. The van der Waals surface area contributed by atoms with Gasteiger partial charge in [-0.3, -0.25) is 4.98 Å². The van der Waals surface area contributed by atoms with Crippen molar-refractivity contribution in [2.75, 3.05) is 5.32 Å². The molecule has 0 unspecified atom stereocenters. The van der Waals surface area contributed by atoms with Crippen LogP contribution < -0.4 is 10.6 Å². The standard InChI is InChI=1S/C20H19N3O3S/c1-15-4-2-6-19(12-15)27(25,26)18-9-7-17(8-10-18)23-20(24)22-14-16-5-3-11-21-13-16/h2-13H,14H2,1H3,(H2,22,23,24). The highest BCUT2D eigenvalue weighted by molar-refractivity contribution is 7.91. The first-order valence-electron chi connectivity index (χ1n) is 8.31. The quantitative estimate of drug-likeness (QED) is 0.707. The second-order valence-electron chi connectivity index (χ2n) is 6.01. The summed E-state index contributed by atoms with van der Waals surface area (Å²) >= 11 is 0. The molecule has 138 valence electrons. The van der Waals surface area contributed by atoms with Gasteiger partial charge in [0.05, 0.1) is 9.79 Å². The van der Waals surface area contributed by atoms with Gasteiger partial charge >= 0.3 is 6.03 Å². The topological polar surface area (TPSA) is 88.2 Å². The van der Waals surface area contributed by atoms with Crippen LogP contribution in [-0.2, 0) is 16.4 Å². The predicted octanol–water partition coefficient (Wildman–Crippen LogP) is 3.54. The summed E-state index contributed by atoms with van der Waals surface area (Å²) in [6.45, 7) is 2.19. The molecule has 0 fully saturated rings. The zero-order chi connectivity index (χ0) is 19.3. The van der Waals surface area contributed by atoms with E-state index >= 15 is 0 Å². The van der Waals surface area contributed by atoms with E-state index in [4.69, 9.17) is 0 Å². The molecule has 1 aromatic heterocycles. The monoisotopic (exact) mass is 381 g/mol. The van der Waals surface area contributed by atoms with Gasteiger partial charge in [0.15, 0.2) is 0 Å². The maximum absolute atomic E-state index is 12.7. The lowest BCUT2D eigenvalue weighted by Crippen LogP contribution is -2.28. The number of benzene rings is 2. The van der Waals surface area contributed by atoms with E-state index in [-0.39, 0.29) is 15.8 Å². The Hall–Kier alpha value is -3.19. The van der Waals surface area contributed by atoms with Gasteiger partial charge in [0.2, 0.25) is 9.84 Å². The van der Waals surface area contributed by atoms with Crippen molar-refractivity contribution in [1.82, 2.24) is 10.3 Å². The summed E-state index contributed by atoms with van der Waals surface area (Å²) in [5.74, 6) is 0. The summed E-state index contributed by atoms with van der Waals surface area (Å²) in [4.78, 5) is 16.4. The Kier molecular flexibility index (Phi) is 5.52. The van der Waals surface area contributed by atoms with Gasteiger partial charge in [-0.25, -0.2) is 13.2 Å². The van der Waals surface area contributed by atoms with E-state index in [1.807, 2.05) is 19.1 Å². The summed E-state index contributed by atoms with van der Waals surface area (Å²) in [7, 11) is -3.59. The fourth-order valence-corrected chi connectivity index (χ4v) is 3.86. The Balaban J connectivity index is 1.65. The van der Waals surface area contributed by atoms with Gasteiger partial charge in [0.25, 0.3) is 0 Å². The van der Waals surface area contributed by atoms with E-state index in [0.29, 0.717) is 12.2 Å². The van der Waals surface area contributed by atoms with E-state index in [2.05, 4.69) is 15.6 Å². The average molecular weight is 381 g/mol. The zero-order valence-electron chi connectivity index (χ0n) is 14.7. The number of rotatable bonds is 5. The summed E-state index contributed by atoms with van der Waals surface area (Å²) in [6.07, 6.45) is 3.33. The smallest absolute Gasteiger partial charge is 0.319 e. The molecule has 0 aliphatic heterocycles. The normalized spacial score (nSPS) is 11.0. The first-order chi connectivity index (χ1) is 12.9. The van der Waals surface area contributed by atoms with Crippen LogP contribution in [0.25, 0.3) is 0 Å². The lowest BCUT2D eigenvalue weighted by atomic mass is 10.2. The third-order valence-electron chi connectivity index (χ3n) is 3.90. The Morgan fingerprint density at radius 3 is 2.44 bits per heavy atom. The van der Waals surface area contributed by atoms with Crippen LogP contribution in [0.2, 0.25) is 0 Å². The number of amides is 2. The van der Waals surface area contributed by atoms with Crippen molar-refractivity contribution in [3.8, 4) is 0 Å². The number of pyridine rings is 1. The number of hydrogen-bond acceptors (Lipinski definition) is 4. The van der Waals surface area contributed by atoms with Crippen molar-refractivity contribution in [2.24, 2.45) is 0 Å². The molecule has 3 rings (SSSR count). The Morgan fingerprint density at radius 1 is 1.00 bits per heavy atom. The van der Waals surface area contributed by atoms with E-state index in [1.165, 1.54) is 12.1 Å². The summed E-state index contributed by atoms with van der Waals surface area (Å²) < 4.78 is 25.3. The van der Waals surface area contributed by atoms with Crippen molar-refractivity contribution in [3.05, 3.63) is 84.2 Å². The second kappa shape index (κ2) is 8.01. The predicted molar refractivity (Wildman–Crippen MR) is 103 cm³/mol. The van der Waals surface area contributed by atoms with Crippen molar-refractivity contribution in [2.45, 2.75) is 23.3 Å². The molecule has 0 aliphatic carbocycles. The van der Waals surface area contributed by atoms with Crippen LogP contribution >= 0.6 is 0 Å². The van der Waals surface area contributed by atoms with E-state index < -0.39 is 9.84 Å². The van der Waals surface area contributed by atoms with Gasteiger partial charge in [-0.1, -0.05) is 18.2 Å². The van der Waals surface area contributed by atoms with Crippen LogP contribution in [0.3, 0.4) is 0 Å². The van der Waals surface area contributed by atoms with Gasteiger partial charge in [-0.15, -0.1) is 0 Å². The Labute approximate surface area is 158 Å². The van der Waals surface area contributed by atoms with Gasteiger partial charge in [0.1, 0.15) is 0 Å². The number of carbonyl (C=O) groups is 1. The minimum absolute atomic E-state index is 0.175. The second-order valence-corrected chi connectivity index (χ2v) is 7.96. The first kappa shape index (κ1) is 18.6. The third kappa shape index (κ3) is 4.71. The van der Waals surface area contributed by atoms with Gasteiger partial charge in [-0.05, 0) is 60.5 Å². The van der Waals surface area contributed by atoms with Crippen LogP contribution in [0.15, 0.2) is 82.8 Å². The number of urea groups is 1. The Bertz CT molecular complexity index is 1030. The van der Waals surface area contributed by atoms with Crippen molar-refractivity contribution >= 4 is 21.6 Å². The number of nitrogens with zero attached hydrogens (tertiary/aromatic N) is 1. The summed E-state index contributed by atoms with van der Waals surface area (Å²) in [5.41, 5.74) is 2.26. The highest BCUT2D eigenvalue weighted by Gasteiger charge is 2.17. The average Bonchev–Trinajstić information content (AvgIpc) is 2.68. The molecule has 0 atom stereocenters. The van der Waals surface area contributed by atoms with Crippen molar-refractivity contribution < 1.29 is 13.2 Å². The third-order valence-corrected chi connectivity index (χ3v) is 5.67. The zero-order valence-corrected chi connectivity index (χ0v) is 15.5. The van der Waals surface area contributed by atoms with Crippen LogP contribution in [-0.4, -0.2) is 19.4 Å². The van der Waals surface area contributed by atoms with Gasteiger partial charge in [-0.2, -0.15) is 0 Å². The number of nitrogens with one attached hydrogen (secondary N) is 2. The summed E-state index contributed by atoms with van der Waals surface area (Å²) in [5, 5.41) is 5.39. The molecular weight excluding hydrogens is 362 g/mol. The first-order valence-corrected chi connectivity index (χ1v) is 9.79. The van der Waals surface area contributed by atoms with Crippen LogP contribution in [0.5, 0.6) is 0 Å². The SMILES string of the molecule is Cc1cccc(S(=O)(=O)c2ccc(NC(=O)NCc3cccnc3)cc2)c1. The molecule has 0 aliphatic rings. The number of aromatic nitrogens is 1. The molecule has 0 radical (unpaired) electrons. The molecule has 6 nitrogen and oxygen atoms in total. The summed E-state index contributed by atoms with van der Waals surface area (Å²) in [6, 6.07) is 16.1. The van der Waals surface area contributed by atoms with Crippen LogP contribution in [0.1, 0.15) is 11.1 Å². The molecule has 2 aromatic carbocycles. The van der Waals surface area contributed by atoms with E-state index in [9.17, 15) is 13.2 Å². The van der Waals surface area contributed by atoms with Gasteiger partial charge in [0, 0.05) is 24.6 Å². The fraction of sp³-hybridized carbons (Fsp3) is 0.100. The van der Waals surface area contributed by atoms with Crippen molar-refractivity contribution in [1.29, 1.82) is 0 Å². The van der Waals surface area contributed by atoms with Gasteiger partial charge < -0.3 is 10.6 Å². The lowest BCUT2D eigenvalue weighted by Gasteiger charge is -2.09. The number of hydrogen-bond donors (Lipinski definition) is 2. The maximum Gasteiger partial charge on any atom is 0.319 e. The van der Waals surface area contributed by atoms with E-state index in [0.717, 1.165) is 11.1 Å². The molecule has 27 heavy (non-hydrogen) atoms. The fourth-order valence-electron chi connectivity index (χ4n) is 2.50. The molecule has 3 aromatic rings. The maximum atomic E-state index is 12.7. The molecule has 0 bridgehead atoms. The number of sulfone groups is 1. The minimum Gasteiger partial charge on any atom is -0.334 e. The molecule has 0 spiro atoms. The van der Waals surface area contributed by atoms with Crippen molar-refractivity contribution in [3.63, 3.8) is 0 Å². The highest BCUT2D eigenvalue weighted by Crippen LogP contribution is 2.23. The molecule has 7 heteroatoms. The van der Waals surface area contributed by atoms with E-state index in [1.54, 1.807) is 48.8 Å². The number of aryl methyl sites for hydroxylation is 1. The Morgan fingerprint density at radius 2 is 1.78 bits per heavy atom. The number of carbonyl (C=O) groups excluding carboxylic acids is 1. The van der Waals surface area contributed by atoms with Crippen LogP contribution in [0, 0.1) is 6.92 Å². The molecular formula is C20H19N3O3S. The molecule has 0 saturated heterocycles. The molecule has 2 amide bonds. The van der Waals surface area contributed by atoms with Crippen LogP contribution in [0.4, 0.5) is 10.5 Å². The number of anilines is 1. The molecule has 2 N–H and O–H groups in total. The molecule has 0 saturated carbocycles. The largest absolute Gasteiger partial charge is 0.334 e. The highest BCUT2D eigenvalue weighted by atomic mass is 32.2. The minimum atomic E-state index is -3.59. The molecule has 1 heterocycles.